The van der Waals surface area contributed by atoms with Crippen LogP contribution in [0.2, 0.25) is 0 Å². The van der Waals surface area contributed by atoms with Crippen molar-refractivity contribution in [2.75, 3.05) is 38.3 Å². The van der Waals surface area contributed by atoms with E-state index >= 15 is 0 Å². The van der Waals surface area contributed by atoms with Gasteiger partial charge in [0.15, 0.2) is 4.91 Å². The highest BCUT2D eigenvalue weighted by Gasteiger charge is 2.38. The monoisotopic (exact) mass is 418 g/mol. The maximum atomic E-state index is 14.0. The number of amides is 1. The van der Waals surface area contributed by atoms with Gasteiger partial charge in [-0.05, 0) is 30.3 Å². The molecular formula is C20H19FN2O5S. The summed E-state index contributed by atoms with van der Waals surface area (Å²) in [6.45, 7) is 1.31. The predicted octanol–water partition coefficient (Wildman–Crippen LogP) is 2.46. The summed E-state index contributed by atoms with van der Waals surface area (Å²) >= 11 is 0. The normalized spacial score (nSPS) is 18.1. The van der Waals surface area contributed by atoms with Crippen molar-refractivity contribution >= 4 is 27.1 Å². The third kappa shape index (κ3) is 3.47. The molecule has 1 saturated heterocycles. The fourth-order valence-corrected chi connectivity index (χ4v) is 4.87. The summed E-state index contributed by atoms with van der Waals surface area (Å²) in [5, 5.41) is 0. The van der Waals surface area contributed by atoms with Gasteiger partial charge >= 0.3 is 0 Å². The Kier molecular flexibility index (Phi) is 5.01. The minimum atomic E-state index is -4.12. The number of nitrogens with zero attached hydrogens (tertiary/aromatic N) is 2. The molecule has 2 aromatic rings. The number of carbonyl (C=O) groups is 1. The molecule has 0 spiro atoms. The second-order valence-electron chi connectivity index (χ2n) is 6.58. The standard InChI is InChI=1S/C20H19FN2O5S/c1-27-16-4-2-3-15(12-16)23-13-19(20(24)22-7-9-28-10-8-22)29(25,26)18-6-5-14(21)11-17(18)23/h2-6,11-13H,7-10H2,1H3. The lowest BCUT2D eigenvalue weighted by atomic mass is 10.2. The number of benzene rings is 2. The topological polar surface area (TPSA) is 76.2 Å². The first-order valence-corrected chi connectivity index (χ1v) is 10.5. The molecule has 4 rings (SSSR count). The van der Waals surface area contributed by atoms with Gasteiger partial charge in [0.1, 0.15) is 11.6 Å². The van der Waals surface area contributed by atoms with Crippen LogP contribution in [0.1, 0.15) is 0 Å². The van der Waals surface area contributed by atoms with E-state index in [0.29, 0.717) is 37.7 Å². The van der Waals surface area contributed by atoms with Gasteiger partial charge in [-0.3, -0.25) is 4.79 Å². The lowest BCUT2D eigenvalue weighted by molar-refractivity contribution is -0.130. The van der Waals surface area contributed by atoms with Crippen LogP contribution in [0.3, 0.4) is 0 Å². The lowest BCUT2D eigenvalue weighted by Gasteiger charge is -2.32. The van der Waals surface area contributed by atoms with Crippen LogP contribution in [0.25, 0.3) is 0 Å². The number of morpholine rings is 1. The van der Waals surface area contributed by atoms with E-state index in [1.54, 1.807) is 24.3 Å². The smallest absolute Gasteiger partial charge is 0.267 e. The molecule has 0 unspecified atom stereocenters. The van der Waals surface area contributed by atoms with E-state index in [0.717, 1.165) is 12.1 Å². The number of hydrogen-bond donors (Lipinski definition) is 0. The van der Waals surface area contributed by atoms with Crippen LogP contribution < -0.4 is 9.64 Å². The van der Waals surface area contributed by atoms with E-state index in [1.165, 1.54) is 29.2 Å². The Bertz CT molecular complexity index is 1090. The molecule has 1 amide bonds. The largest absolute Gasteiger partial charge is 0.497 e. The van der Waals surface area contributed by atoms with Crippen molar-refractivity contribution in [2.45, 2.75) is 4.90 Å². The number of halogens is 1. The van der Waals surface area contributed by atoms with Gasteiger partial charge in [-0.2, -0.15) is 0 Å². The van der Waals surface area contributed by atoms with Crippen molar-refractivity contribution < 1.29 is 27.1 Å². The minimum Gasteiger partial charge on any atom is -0.497 e. The van der Waals surface area contributed by atoms with Crippen LogP contribution >= 0.6 is 0 Å². The van der Waals surface area contributed by atoms with E-state index in [2.05, 4.69) is 0 Å². The quantitative estimate of drug-likeness (QED) is 0.713. The van der Waals surface area contributed by atoms with Crippen LogP contribution in [-0.2, 0) is 19.4 Å². The Balaban J connectivity index is 1.87. The predicted molar refractivity (Wildman–Crippen MR) is 104 cm³/mol. The van der Waals surface area contributed by atoms with Crippen molar-refractivity contribution in [1.82, 2.24) is 4.90 Å². The first-order valence-electron chi connectivity index (χ1n) is 8.98. The van der Waals surface area contributed by atoms with E-state index < -0.39 is 21.6 Å². The molecule has 2 aromatic carbocycles. The van der Waals surface area contributed by atoms with Crippen molar-refractivity contribution in [1.29, 1.82) is 0 Å². The molecular weight excluding hydrogens is 399 g/mol. The summed E-state index contributed by atoms with van der Waals surface area (Å²) in [7, 11) is -2.60. The number of sulfone groups is 1. The summed E-state index contributed by atoms with van der Waals surface area (Å²) in [6.07, 6.45) is 1.25. The fourth-order valence-electron chi connectivity index (χ4n) is 3.35. The first kappa shape index (κ1) is 19.4. The Morgan fingerprint density at radius 2 is 1.90 bits per heavy atom. The molecule has 9 heteroatoms. The number of ether oxygens (including phenoxy) is 2. The zero-order valence-corrected chi connectivity index (χ0v) is 16.5. The van der Waals surface area contributed by atoms with E-state index in [1.807, 2.05) is 0 Å². The summed E-state index contributed by atoms with van der Waals surface area (Å²) in [4.78, 5) is 15.5. The Labute approximate surface area is 167 Å². The van der Waals surface area contributed by atoms with Crippen molar-refractivity contribution in [3.05, 3.63) is 59.4 Å². The third-order valence-electron chi connectivity index (χ3n) is 4.85. The van der Waals surface area contributed by atoms with Gasteiger partial charge in [-0.25, -0.2) is 12.8 Å². The summed E-state index contributed by atoms with van der Waals surface area (Å²) in [5.74, 6) is -0.636. The first-order chi connectivity index (χ1) is 13.9. The highest BCUT2D eigenvalue weighted by molar-refractivity contribution is 7.96. The molecule has 0 radical (unpaired) electrons. The molecule has 0 aliphatic carbocycles. The average Bonchev–Trinajstić information content (AvgIpc) is 2.74. The average molecular weight is 418 g/mol. The molecule has 2 heterocycles. The highest BCUT2D eigenvalue weighted by atomic mass is 32.2. The maximum absolute atomic E-state index is 14.0. The highest BCUT2D eigenvalue weighted by Crippen LogP contribution is 2.41. The molecule has 152 valence electrons. The number of anilines is 2. The molecule has 0 aromatic heterocycles. The molecule has 2 aliphatic heterocycles. The summed E-state index contributed by atoms with van der Waals surface area (Å²) in [6, 6.07) is 10.3. The van der Waals surface area contributed by atoms with E-state index in [4.69, 9.17) is 9.47 Å². The number of rotatable bonds is 3. The minimum absolute atomic E-state index is 0.124. The maximum Gasteiger partial charge on any atom is 0.267 e. The molecule has 2 aliphatic rings. The zero-order valence-electron chi connectivity index (χ0n) is 15.7. The second-order valence-corrected chi connectivity index (χ2v) is 8.47. The second kappa shape index (κ2) is 7.49. The number of hydrogen-bond acceptors (Lipinski definition) is 6. The molecule has 0 N–H and O–H groups in total. The number of methoxy groups -OCH3 is 1. The van der Waals surface area contributed by atoms with Gasteiger partial charge in [-0.1, -0.05) is 6.07 Å². The number of fused-ring (bicyclic) bond motifs is 1. The Hall–Kier alpha value is -2.91. The molecule has 29 heavy (non-hydrogen) atoms. The van der Waals surface area contributed by atoms with Crippen molar-refractivity contribution in [3.8, 4) is 5.75 Å². The molecule has 0 saturated carbocycles. The Morgan fingerprint density at radius 3 is 2.62 bits per heavy atom. The Morgan fingerprint density at radius 1 is 1.14 bits per heavy atom. The summed E-state index contributed by atoms with van der Waals surface area (Å²) in [5.41, 5.74) is 0.676. The third-order valence-corrected chi connectivity index (χ3v) is 6.63. The molecule has 0 atom stereocenters. The molecule has 7 nitrogen and oxygen atoms in total. The zero-order chi connectivity index (χ0) is 20.6. The van der Waals surface area contributed by atoms with Gasteiger partial charge in [0.05, 0.1) is 30.9 Å². The number of carbonyl (C=O) groups excluding carboxylic acids is 1. The van der Waals surface area contributed by atoms with Crippen LogP contribution in [0.5, 0.6) is 5.75 Å². The van der Waals surface area contributed by atoms with Crippen molar-refractivity contribution in [3.63, 3.8) is 0 Å². The summed E-state index contributed by atoms with van der Waals surface area (Å²) < 4.78 is 50.8. The molecule has 0 bridgehead atoms. The lowest BCUT2D eigenvalue weighted by Crippen LogP contribution is -2.43. The van der Waals surface area contributed by atoms with E-state index in [9.17, 15) is 17.6 Å². The van der Waals surface area contributed by atoms with Gasteiger partial charge in [0, 0.05) is 31.0 Å². The van der Waals surface area contributed by atoms with E-state index in [-0.39, 0.29) is 15.5 Å². The van der Waals surface area contributed by atoms with Gasteiger partial charge in [0.25, 0.3) is 5.91 Å². The van der Waals surface area contributed by atoms with Crippen LogP contribution in [0.4, 0.5) is 15.8 Å². The van der Waals surface area contributed by atoms with Gasteiger partial charge in [0.2, 0.25) is 9.84 Å². The van der Waals surface area contributed by atoms with Crippen LogP contribution in [-0.4, -0.2) is 52.6 Å². The van der Waals surface area contributed by atoms with Crippen molar-refractivity contribution in [2.24, 2.45) is 0 Å². The van der Waals surface area contributed by atoms with Gasteiger partial charge < -0.3 is 19.3 Å². The van der Waals surface area contributed by atoms with Gasteiger partial charge in [-0.15, -0.1) is 0 Å². The molecule has 1 fully saturated rings. The fraction of sp³-hybridized carbons (Fsp3) is 0.250. The SMILES string of the molecule is COc1cccc(N2C=C(C(=O)N3CCOCC3)S(=O)(=O)c3ccc(F)cc32)c1. The van der Waals surface area contributed by atoms with Crippen LogP contribution in [0.15, 0.2) is 58.5 Å². The van der Waals surface area contributed by atoms with Crippen LogP contribution in [0, 0.1) is 5.82 Å².